The average molecular weight is 221 g/mol. The van der Waals surface area contributed by atoms with Gasteiger partial charge in [-0.1, -0.05) is 32.3 Å². The van der Waals surface area contributed by atoms with Crippen molar-refractivity contribution in [2.24, 2.45) is 4.99 Å². The average Bonchev–Trinajstić information content (AvgIpc) is 2.24. The number of rotatable bonds is 6. The minimum Gasteiger partial charge on any atom is -0.258 e. The molecule has 1 rings (SSSR count). The molecule has 0 spiro atoms. The summed E-state index contributed by atoms with van der Waals surface area (Å²) >= 11 is 0. The van der Waals surface area contributed by atoms with Crippen LogP contribution in [0.1, 0.15) is 46.0 Å². The van der Waals surface area contributed by atoms with Gasteiger partial charge in [0.2, 0.25) is 0 Å². The summed E-state index contributed by atoms with van der Waals surface area (Å²) in [7, 11) is 0. The second kappa shape index (κ2) is 7.15. The molecule has 1 aromatic carbocycles. The molecule has 16 heavy (non-hydrogen) atoms. The Morgan fingerprint density at radius 1 is 1.25 bits per heavy atom. The fourth-order valence-electron chi connectivity index (χ4n) is 1.63. The molecule has 0 amide bonds. The smallest absolute Gasteiger partial charge is 0.125 e. The summed E-state index contributed by atoms with van der Waals surface area (Å²) in [6.07, 6.45) is 5.98. The van der Waals surface area contributed by atoms with E-state index in [4.69, 9.17) is 0 Å². The van der Waals surface area contributed by atoms with Crippen LogP contribution in [0.25, 0.3) is 0 Å². The standard InChI is InChI=1S/C14H20FN/c1-3-4-5-6-8-12(2)16-14-10-7-9-13(15)11-14/h7,9-11H,3-6,8H2,1-2H3. The van der Waals surface area contributed by atoms with Crippen LogP contribution in [0, 0.1) is 5.82 Å². The Bertz CT molecular complexity index is 344. The Morgan fingerprint density at radius 3 is 2.75 bits per heavy atom. The van der Waals surface area contributed by atoms with Gasteiger partial charge in [0.05, 0.1) is 5.69 Å². The molecule has 0 saturated carbocycles. The van der Waals surface area contributed by atoms with Gasteiger partial charge in [0.25, 0.3) is 0 Å². The number of aliphatic imine (C=N–C) groups is 1. The molecule has 2 heteroatoms. The highest BCUT2D eigenvalue weighted by molar-refractivity contribution is 5.84. The van der Waals surface area contributed by atoms with Gasteiger partial charge in [0.15, 0.2) is 0 Å². The van der Waals surface area contributed by atoms with Gasteiger partial charge in [-0.2, -0.15) is 0 Å². The molecule has 0 N–H and O–H groups in total. The van der Waals surface area contributed by atoms with Crippen LogP contribution in [0.15, 0.2) is 29.3 Å². The van der Waals surface area contributed by atoms with Crippen molar-refractivity contribution in [3.8, 4) is 0 Å². The van der Waals surface area contributed by atoms with E-state index in [-0.39, 0.29) is 5.82 Å². The Balaban J connectivity index is 2.43. The van der Waals surface area contributed by atoms with Crippen LogP contribution >= 0.6 is 0 Å². The van der Waals surface area contributed by atoms with Crippen LogP contribution in [0.4, 0.5) is 10.1 Å². The highest BCUT2D eigenvalue weighted by Crippen LogP contribution is 2.14. The molecule has 0 unspecified atom stereocenters. The highest BCUT2D eigenvalue weighted by atomic mass is 19.1. The third-order valence-corrected chi connectivity index (χ3v) is 2.52. The summed E-state index contributed by atoms with van der Waals surface area (Å²) in [6.45, 7) is 4.21. The van der Waals surface area contributed by atoms with Crippen molar-refractivity contribution < 1.29 is 4.39 Å². The molecule has 0 saturated heterocycles. The minimum absolute atomic E-state index is 0.222. The van der Waals surface area contributed by atoms with Gasteiger partial charge in [-0.15, -0.1) is 0 Å². The second-order valence-electron chi connectivity index (χ2n) is 4.14. The normalized spacial score (nSPS) is 11.8. The topological polar surface area (TPSA) is 12.4 Å². The van der Waals surface area contributed by atoms with Gasteiger partial charge in [-0.05, 0) is 38.0 Å². The molecular weight excluding hydrogens is 201 g/mol. The number of hydrogen-bond acceptors (Lipinski definition) is 1. The first kappa shape index (κ1) is 12.9. The van der Waals surface area contributed by atoms with Crippen molar-refractivity contribution in [3.63, 3.8) is 0 Å². The third-order valence-electron chi connectivity index (χ3n) is 2.52. The van der Waals surface area contributed by atoms with Crippen LogP contribution in [-0.2, 0) is 0 Å². The first-order chi connectivity index (χ1) is 7.72. The summed E-state index contributed by atoms with van der Waals surface area (Å²) in [5, 5.41) is 0. The van der Waals surface area contributed by atoms with Gasteiger partial charge >= 0.3 is 0 Å². The Labute approximate surface area is 97.4 Å². The van der Waals surface area contributed by atoms with Crippen molar-refractivity contribution in [2.75, 3.05) is 0 Å². The number of unbranched alkanes of at least 4 members (excludes halogenated alkanes) is 3. The summed E-state index contributed by atoms with van der Waals surface area (Å²) < 4.78 is 12.9. The van der Waals surface area contributed by atoms with E-state index >= 15 is 0 Å². The van der Waals surface area contributed by atoms with Crippen molar-refractivity contribution >= 4 is 11.4 Å². The van der Waals surface area contributed by atoms with Crippen molar-refractivity contribution in [3.05, 3.63) is 30.1 Å². The molecule has 0 atom stereocenters. The van der Waals surface area contributed by atoms with E-state index < -0.39 is 0 Å². The summed E-state index contributed by atoms with van der Waals surface area (Å²) in [6, 6.07) is 6.43. The fourth-order valence-corrected chi connectivity index (χ4v) is 1.63. The van der Waals surface area contributed by atoms with Crippen molar-refractivity contribution in [1.29, 1.82) is 0 Å². The van der Waals surface area contributed by atoms with Gasteiger partial charge in [-0.3, -0.25) is 4.99 Å². The van der Waals surface area contributed by atoms with Crippen molar-refractivity contribution in [1.82, 2.24) is 0 Å². The predicted molar refractivity (Wildman–Crippen MR) is 67.9 cm³/mol. The Morgan fingerprint density at radius 2 is 2.06 bits per heavy atom. The Hall–Kier alpha value is -1.18. The van der Waals surface area contributed by atoms with Gasteiger partial charge in [0.1, 0.15) is 5.82 Å². The SMILES string of the molecule is CCCCCCC(C)=Nc1cccc(F)c1. The molecular formula is C14H20FN. The van der Waals surface area contributed by atoms with E-state index in [0.717, 1.165) is 12.1 Å². The van der Waals surface area contributed by atoms with Gasteiger partial charge in [-0.25, -0.2) is 4.39 Å². The lowest BCUT2D eigenvalue weighted by Crippen LogP contribution is -1.90. The zero-order valence-electron chi connectivity index (χ0n) is 10.2. The molecule has 0 bridgehead atoms. The van der Waals surface area contributed by atoms with Crippen LogP contribution in [0.5, 0.6) is 0 Å². The van der Waals surface area contributed by atoms with Crippen LogP contribution in [-0.4, -0.2) is 5.71 Å². The van der Waals surface area contributed by atoms with E-state index in [1.54, 1.807) is 6.07 Å². The van der Waals surface area contributed by atoms with Crippen LogP contribution in [0.3, 0.4) is 0 Å². The molecule has 88 valence electrons. The molecule has 0 aromatic heterocycles. The lowest BCUT2D eigenvalue weighted by molar-refractivity contribution is 0.628. The molecule has 0 radical (unpaired) electrons. The molecule has 0 heterocycles. The number of benzene rings is 1. The van der Waals surface area contributed by atoms with Gasteiger partial charge < -0.3 is 0 Å². The fraction of sp³-hybridized carbons (Fsp3) is 0.500. The third kappa shape index (κ3) is 5.06. The molecule has 0 fully saturated rings. The molecule has 0 aliphatic rings. The maximum Gasteiger partial charge on any atom is 0.125 e. The largest absolute Gasteiger partial charge is 0.258 e. The highest BCUT2D eigenvalue weighted by Gasteiger charge is 1.95. The Kier molecular flexibility index (Phi) is 5.76. The number of halogens is 1. The van der Waals surface area contributed by atoms with Gasteiger partial charge in [0, 0.05) is 5.71 Å². The predicted octanol–water partition coefficient (Wildman–Crippen LogP) is 4.89. The van der Waals surface area contributed by atoms with E-state index in [9.17, 15) is 4.39 Å². The van der Waals surface area contributed by atoms with Crippen LogP contribution < -0.4 is 0 Å². The molecule has 1 aromatic rings. The number of hydrogen-bond donors (Lipinski definition) is 0. The molecule has 0 aliphatic heterocycles. The maximum atomic E-state index is 12.9. The lowest BCUT2D eigenvalue weighted by Gasteiger charge is -2.01. The second-order valence-corrected chi connectivity index (χ2v) is 4.14. The monoisotopic (exact) mass is 221 g/mol. The summed E-state index contributed by atoms with van der Waals surface area (Å²) in [5.41, 5.74) is 1.80. The van der Waals surface area contributed by atoms with E-state index in [1.165, 1.54) is 37.8 Å². The van der Waals surface area contributed by atoms with Crippen LogP contribution in [0.2, 0.25) is 0 Å². The first-order valence-electron chi connectivity index (χ1n) is 6.02. The van der Waals surface area contributed by atoms with E-state index in [2.05, 4.69) is 11.9 Å². The number of nitrogens with zero attached hydrogens (tertiary/aromatic N) is 1. The summed E-state index contributed by atoms with van der Waals surface area (Å²) in [4.78, 5) is 4.39. The van der Waals surface area contributed by atoms with Crippen molar-refractivity contribution in [2.45, 2.75) is 46.0 Å². The molecule has 0 aliphatic carbocycles. The minimum atomic E-state index is -0.222. The quantitative estimate of drug-likeness (QED) is 0.479. The lowest BCUT2D eigenvalue weighted by atomic mass is 10.1. The zero-order chi connectivity index (χ0) is 11.8. The summed E-state index contributed by atoms with van der Waals surface area (Å²) in [5.74, 6) is -0.222. The first-order valence-corrected chi connectivity index (χ1v) is 6.02. The van der Waals surface area contributed by atoms with E-state index in [1.807, 2.05) is 13.0 Å². The zero-order valence-corrected chi connectivity index (χ0v) is 10.2. The maximum absolute atomic E-state index is 12.9. The molecule has 1 nitrogen and oxygen atoms in total. The van der Waals surface area contributed by atoms with E-state index in [0.29, 0.717) is 5.69 Å².